The van der Waals surface area contributed by atoms with E-state index in [-0.39, 0.29) is 36.3 Å². The molecule has 0 spiro atoms. The van der Waals surface area contributed by atoms with Crippen molar-refractivity contribution in [2.24, 2.45) is 0 Å². The second-order valence-corrected chi connectivity index (χ2v) is 9.98. The summed E-state index contributed by atoms with van der Waals surface area (Å²) < 4.78 is 37.3. The maximum atomic E-state index is 13.1. The van der Waals surface area contributed by atoms with Crippen molar-refractivity contribution < 1.29 is 27.5 Å². The number of nitrogens with zero attached hydrogens (tertiary/aromatic N) is 2. The molecule has 0 radical (unpaired) electrons. The summed E-state index contributed by atoms with van der Waals surface area (Å²) in [5, 5.41) is 5.90. The number of ether oxygens (including phenoxy) is 2. The van der Waals surface area contributed by atoms with Gasteiger partial charge in [-0.25, -0.2) is 4.79 Å². The fourth-order valence-electron chi connectivity index (χ4n) is 3.30. The number of amides is 3. The Kier molecular flexibility index (Phi) is 9.51. The SMILES string of the molecule is CCOCCOc1ccc(CCNC(=O)c2cnc3ccccc3c2)cc1S(=O)(=O)N(S)C(=O)NC. The minimum absolute atomic E-state index is 0.0627. The summed E-state index contributed by atoms with van der Waals surface area (Å²) in [4.78, 5) is 28.6. The van der Waals surface area contributed by atoms with Crippen LogP contribution in [0.5, 0.6) is 5.75 Å². The van der Waals surface area contributed by atoms with E-state index in [2.05, 4.69) is 28.4 Å². The smallest absolute Gasteiger partial charge is 0.341 e. The molecule has 2 aromatic carbocycles. The third-order valence-corrected chi connectivity index (χ3v) is 7.47. The van der Waals surface area contributed by atoms with Crippen LogP contribution >= 0.6 is 12.8 Å². The molecule has 0 unspecified atom stereocenters. The van der Waals surface area contributed by atoms with Crippen molar-refractivity contribution in [2.45, 2.75) is 18.2 Å². The number of rotatable bonds is 11. The first-order valence-corrected chi connectivity index (χ1v) is 13.0. The molecular weight excluding hydrogens is 504 g/mol. The van der Waals surface area contributed by atoms with Gasteiger partial charge in [-0.2, -0.15) is 12.1 Å². The van der Waals surface area contributed by atoms with Gasteiger partial charge in [0.15, 0.2) is 0 Å². The number of hydrogen-bond donors (Lipinski definition) is 3. The normalized spacial score (nSPS) is 11.2. The molecule has 0 fully saturated rings. The highest BCUT2D eigenvalue weighted by atomic mass is 32.3. The molecule has 0 saturated heterocycles. The number of para-hydroxylation sites is 1. The first-order chi connectivity index (χ1) is 17.3. The molecule has 12 heteroatoms. The molecule has 192 valence electrons. The molecule has 0 saturated carbocycles. The second-order valence-electron chi connectivity index (χ2n) is 7.55. The average molecular weight is 533 g/mol. The molecule has 0 aliphatic heterocycles. The molecule has 3 aromatic rings. The zero-order valence-electron chi connectivity index (χ0n) is 19.9. The molecular formula is C24H28N4O6S2. The van der Waals surface area contributed by atoms with Crippen LogP contribution in [-0.4, -0.2) is 62.5 Å². The average Bonchev–Trinajstić information content (AvgIpc) is 2.90. The van der Waals surface area contributed by atoms with Crippen LogP contribution in [0.4, 0.5) is 4.79 Å². The minimum atomic E-state index is -4.33. The Hall–Kier alpha value is -3.35. The van der Waals surface area contributed by atoms with Crippen molar-refractivity contribution in [2.75, 3.05) is 33.4 Å². The highest BCUT2D eigenvalue weighted by molar-refractivity contribution is 8.00. The zero-order chi connectivity index (χ0) is 26.1. The molecule has 10 nitrogen and oxygen atoms in total. The van der Waals surface area contributed by atoms with E-state index in [1.54, 1.807) is 12.1 Å². The van der Waals surface area contributed by atoms with Crippen molar-refractivity contribution in [3.05, 3.63) is 65.9 Å². The van der Waals surface area contributed by atoms with Gasteiger partial charge in [0, 0.05) is 31.8 Å². The Morgan fingerprint density at radius 1 is 1.11 bits per heavy atom. The van der Waals surface area contributed by atoms with Gasteiger partial charge in [0.05, 0.1) is 17.7 Å². The Morgan fingerprint density at radius 3 is 2.64 bits per heavy atom. The largest absolute Gasteiger partial charge is 0.490 e. The van der Waals surface area contributed by atoms with E-state index < -0.39 is 16.1 Å². The first kappa shape index (κ1) is 27.2. The highest BCUT2D eigenvalue weighted by Gasteiger charge is 2.30. The number of carbonyl (C=O) groups excluding carboxylic acids is 2. The van der Waals surface area contributed by atoms with Gasteiger partial charge in [-0.15, -0.1) is 0 Å². The van der Waals surface area contributed by atoms with Crippen molar-refractivity contribution in [3.8, 4) is 5.75 Å². The van der Waals surface area contributed by atoms with Crippen LogP contribution in [0.15, 0.2) is 59.6 Å². The third-order valence-electron chi connectivity index (χ3n) is 5.14. The van der Waals surface area contributed by atoms with Crippen molar-refractivity contribution in [1.29, 1.82) is 0 Å². The van der Waals surface area contributed by atoms with Gasteiger partial charge in [-0.3, -0.25) is 9.78 Å². The fraction of sp³-hybridized carbons (Fsp3) is 0.292. The topological polar surface area (TPSA) is 127 Å². The van der Waals surface area contributed by atoms with E-state index in [4.69, 9.17) is 9.47 Å². The van der Waals surface area contributed by atoms with Crippen molar-refractivity contribution in [3.63, 3.8) is 0 Å². The van der Waals surface area contributed by atoms with Crippen LogP contribution in [0.2, 0.25) is 0 Å². The van der Waals surface area contributed by atoms with Crippen LogP contribution in [0.25, 0.3) is 10.9 Å². The van der Waals surface area contributed by atoms with Gasteiger partial charge >= 0.3 is 6.03 Å². The van der Waals surface area contributed by atoms with Crippen LogP contribution in [0, 0.1) is 0 Å². The number of sulfonamides is 1. The number of pyridine rings is 1. The van der Waals surface area contributed by atoms with E-state index in [9.17, 15) is 18.0 Å². The summed E-state index contributed by atoms with van der Waals surface area (Å²) in [6.45, 7) is 2.97. The summed E-state index contributed by atoms with van der Waals surface area (Å²) >= 11 is 3.86. The number of nitrogens with one attached hydrogen (secondary N) is 2. The van der Waals surface area contributed by atoms with Crippen molar-refractivity contribution >= 4 is 45.7 Å². The predicted molar refractivity (Wildman–Crippen MR) is 139 cm³/mol. The Bertz CT molecular complexity index is 1330. The second kappa shape index (κ2) is 12.6. The lowest BCUT2D eigenvalue weighted by Gasteiger charge is -2.19. The van der Waals surface area contributed by atoms with Crippen LogP contribution in [-0.2, 0) is 21.2 Å². The lowest BCUT2D eigenvalue weighted by Crippen LogP contribution is -2.36. The zero-order valence-corrected chi connectivity index (χ0v) is 21.6. The molecule has 0 aliphatic carbocycles. The standard InChI is InChI=1S/C24H28N4O6S2/c1-3-33-12-13-34-21-9-8-17(14-22(21)36(31,32)28(35)24(30)25-2)10-11-26-23(29)19-15-18-6-4-5-7-20(18)27-16-19/h4-9,14-16,35H,3,10-13H2,1-2H3,(H,25,30)(H,26,29). The fourth-order valence-corrected chi connectivity index (χ4v) is 4.84. The molecule has 1 heterocycles. The third kappa shape index (κ3) is 6.65. The van der Waals surface area contributed by atoms with Gasteiger partial charge in [0.25, 0.3) is 15.9 Å². The Balaban J connectivity index is 1.74. The van der Waals surface area contributed by atoms with E-state index in [0.29, 0.717) is 27.9 Å². The Labute approximate surface area is 215 Å². The van der Waals surface area contributed by atoms with Gasteiger partial charge in [0.2, 0.25) is 0 Å². The predicted octanol–water partition coefficient (Wildman–Crippen LogP) is 2.80. The molecule has 2 N–H and O–H groups in total. The summed E-state index contributed by atoms with van der Waals surface area (Å²) in [6, 6.07) is 12.9. The monoisotopic (exact) mass is 532 g/mol. The van der Waals surface area contributed by atoms with Gasteiger partial charge in [-0.05, 0) is 56.0 Å². The molecule has 1 aromatic heterocycles. The van der Waals surface area contributed by atoms with Gasteiger partial charge < -0.3 is 20.1 Å². The number of thiol groups is 1. The van der Waals surface area contributed by atoms with E-state index in [1.165, 1.54) is 25.4 Å². The Morgan fingerprint density at radius 2 is 1.89 bits per heavy atom. The molecule has 36 heavy (non-hydrogen) atoms. The van der Waals surface area contributed by atoms with Crippen molar-refractivity contribution in [1.82, 2.24) is 19.3 Å². The quantitative estimate of drug-likeness (QED) is 0.256. The molecule has 3 rings (SSSR count). The molecule has 0 atom stereocenters. The summed E-state index contributed by atoms with van der Waals surface area (Å²) in [5.74, 6) is -0.231. The summed E-state index contributed by atoms with van der Waals surface area (Å²) in [6.07, 6.45) is 1.85. The van der Waals surface area contributed by atoms with Gasteiger partial charge in [-0.1, -0.05) is 24.3 Å². The summed E-state index contributed by atoms with van der Waals surface area (Å²) in [5.41, 5.74) is 1.83. The van der Waals surface area contributed by atoms with E-state index >= 15 is 0 Å². The lowest BCUT2D eigenvalue weighted by atomic mass is 10.1. The van der Waals surface area contributed by atoms with Gasteiger partial charge in [0.1, 0.15) is 17.3 Å². The van der Waals surface area contributed by atoms with Crippen LogP contribution in [0.3, 0.4) is 0 Å². The number of hydrogen-bond acceptors (Lipinski definition) is 8. The number of aromatic nitrogens is 1. The lowest BCUT2D eigenvalue weighted by molar-refractivity contribution is 0.0954. The number of fused-ring (bicyclic) bond motifs is 1. The number of urea groups is 1. The maximum Gasteiger partial charge on any atom is 0.341 e. The van der Waals surface area contributed by atoms with Crippen LogP contribution < -0.4 is 15.4 Å². The van der Waals surface area contributed by atoms with Crippen LogP contribution in [0.1, 0.15) is 22.8 Å². The number of carbonyl (C=O) groups is 2. The minimum Gasteiger partial charge on any atom is -0.490 e. The molecule has 3 amide bonds. The molecule has 0 aliphatic rings. The highest BCUT2D eigenvalue weighted by Crippen LogP contribution is 2.29. The summed E-state index contributed by atoms with van der Waals surface area (Å²) in [7, 11) is -3.03. The molecule has 0 bridgehead atoms. The first-order valence-electron chi connectivity index (χ1n) is 11.2. The van der Waals surface area contributed by atoms with E-state index in [0.717, 1.165) is 10.9 Å². The number of benzene rings is 2. The maximum absolute atomic E-state index is 13.1. The van der Waals surface area contributed by atoms with E-state index in [1.807, 2.05) is 31.2 Å².